The molecule has 1 fully saturated rings. The van der Waals surface area contributed by atoms with E-state index in [0.717, 1.165) is 0 Å². The average molecular weight is 275 g/mol. The summed E-state index contributed by atoms with van der Waals surface area (Å²) in [6.07, 6.45) is 5.45. The molecule has 0 radical (unpaired) electrons. The van der Waals surface area contributed by atoms with Crippen molar-refractivity contribution in [2.75, 3.05) is 23.7 Å². The van der Waals surface area contributed by atoms with E-state index >= 15 is 0 Å². The Kier molecular flexibility index (Phi) is 3.23. The van der Waals surface area contributed by atoms with E-state index in [-0.39, 0.29) is 18.0 Å². The Hall–Kier alpha value is -2.22. The number of hydrogen-bond donors (Lipinski definition) is 2. The molecule has 0 aliphatic carbocycles. The summed E-state index contributed by atoms with van der Waals surface area (Å²) in [6, 6.07) is 0. The molecule has 0 amide bonds. The van der Waals surface area contributed by atoms with Crippen LogP contribution in [-0.2, 0) is 0 Å². The van der Waals surface area contributed by atoms with Gasteiger partial charge in [-0.25, -0.2) is 4.98 Å². The van der Waals surface area contributed by atoms with Crippen LogP contribution >= 0.6 is 0 Å². The topological polar surface area (TPSA) is 106 Å². The van der Waals surface area contributed by atoms with Gasteiger partial charge in [-0.3, -0.25) is 4.57 Å². The van der Waals surface area contributed by atoms with Gasteiger partial charge in [0.2, 0.25) is 17.8 Å². The summed E-state index contributed by atoms with van der Waals surface area (Å²) < 4.78 is 1.68. The second kappa shape index (κ2) is 5.04. The SMILES string of the molecule is CC1CN(c2nc(N)nc(-n3ccnc3)n2)CCC1O. The molecule has 8 nitrogen and oxygen atoms in total. The molecule has 1 aliphatic rings. The standard InChI is InChI=1S/C12H17N7O/c1-8-6-18(4-2-9(8)20)11-15-10(13)16-12(17-11)19-5-3-14-7-19/h3,5,7-9,20H,2,4,6H2,1H3,(H2,13,15,16,17). The Labute approximate surface area is 116 Å². The number of nitrogen functional groups attached to an aromatic ring is 1. The molecule has 1 saturated heterocycles. The molecule has 0 saturated carbocycles. The van der Waals surface area contributed by atoms with Gasteiger partial charge in [-0.05, 0) is 12.3 Å². The number of anilines is 2. The fraction of sp³-hybridized carbons (Fsp3) is 0.500. The number of rotatable bonds is 2. The van der Waals surface area contributed by atoms with Crippen molar-refractivity contribution in [1.82, 2.24) is 24.5 Å². The summed E-state index contributed by atoms with van der Waals surface area (Å²) in [5, 5.41) is 9.78. The highest BCUT2D eigenvalue weighted by atomic mass is 16.3. The van der Waals surface area contributed by atoms with Crippen molar-refractivity contribution in [1.29, 1.82) is 0 Å². The quantitative estimate of drug-likeness (QED) is 0.784. The minimum Gasteiger partial charge on any atom is -0.393 e. The molecule has 1 aliphatic heterocycles. The van der Waals surface area contributed by atoms with Crippen molar-refractivity contribution in [3.05, 3.63) is 18.7 Å². The van der Waals surface area contributed by atoms with Gasteiger partial charge in [-0.15, -0.1) is 0 Å². The van der Waals surface area contributed by atoms with Crippen LogP contribution in [0, 0.1) is 5.92 Å². The van der Waals surface area contributed by atoms with Crippen LogP contribution in [0.3, 0.4) is 0 Å². The minimum absolute atomic E-state index is 0.178. The molecule has 2 unspecified atom stereocenters. The van der Waals surface area contributed by atoms with E-state index in [1.54, 1.807) is 23.3 Å². The van der Waals surface area contributed by atoms with Crippen molar-refractivity contribution in [2.24, 2.45) is 5.92 Å². The third-order valence-corrected chi connectivity index (χ3v) is 3.51. The lowest BCUT2D eigenvalue weighted by atomic mass is 9.97. The number of aromatic nitrogens is 5. The van der Waals surface area contributed by atoms with E-state index in [1.807, 2.05) is 11.8 Å². The minimum atomic E-state index is -0.265. The van der Waals surface area contributed by atoms with E-state index in [4.69, 9.17) is 5.73 Å². The summed E-state index contributed by atoms with van der Waals surface area (Å²) in [4.78, 5) is 18.7. The predicted molar refractivity (Wildman–Crippen MR) is 73.4 cm³/mol. The van der Waals surface area contributed by atoms with Gasteiger partial charge in [0, 0.05) is 25.5 Å². The third kappa shape index (κ3) is 2.42. The molecular weight excluding hydrogens is 258 g/mol. The van der Waals surface area contributed by atoms with Gasteiger partial charge in [-0.2, -0.15) is 15.0 Å². The average Bonchev–Trinajstić information content (AvgIpc) is 2.95. The van der Waals surface area contributed by atoms with Crippen molar-refractivity contribution >= 4 is 11.9 Å². The first-order valence-corrected chi connectivity index (χ1v) is 6.56. The van der Waals surface area contributed by atoms with Crippen LogP contribution in [0.1, 0.15) is 13.3 Å². The monoisotopic (exact) mass is 275 g/mol. The Morgan fingerprint density at radius 3 is 2.80 bits per heavy atom. The van der Waals surface area contributed by atoms with Crippen molar-refractivity contribution in [3.63, 3.8) is 0 Å². The highest BCUT2D eigenvalue weighted by Gasteiger charge is 2.26. The number of nitrogens with zero attached hydrogens (tertiary/aromatic N) is 6. The van der Waals surface area contributed by atoms with Gasteiger partial charge in [0.1, 0.15) is 6.33 Å². The van der Waals surface area contributed by atoms with E-state index in [1.165, 1.54) is 0 Å². The Morgan fingerprint density at radius 1 is 1.30 bits per heavy atom. The van der Waals surface area contributed by atoms with Crippen molar-refractivity contribution in [2.45, 2.75) is 19.4 Å². The molecule has 8 heteroatoms. The number of nitrogens with two attached hydrogens (primary N) is 1. The second-order valence-electron chi connectivity index (χ2n) is 5.04. The zero-order valence-corrected chi connectivity index (χ0v) is 11.2. The predicted octanol–water partition coefficient (Wildman–Crippen LogP) is -0.153. The zero-order valence-electron chi connectivity index (χ0n) is 11.2. The molecule has 2 aromatic heterocycles. The molecule has 0 bridgehead atoms. The van der Waals surface area contributed by atoms with Crippen LogP contribution in [0.5, 0.6) is 0 Å². The maximum absolute atomic E-state index is 9.78. The Bertz CT molecular complexity index is 585. The lowest BCUT2D eigenvalue weighted by Crippen LogP contribution is -2.42. The van der Waals surface area contributed by atoms with Gasteiger partial charge >= 0.3 is 0 Å². The van der Waals surface area contributed by atoms with Gasteiger partial charge in [0.05, 0.1) is 6.10 Å². The summed E-state index contributed by atoms with van der Waals surface area (Å²) in [6.45, 7) is 3.42. The maximum Gasteiger partial charge on any atom is 0.241 e. The van der Waals surface area contributed by atoms with E-state index in [0.29, 0.717) is 31.4 Å². The summed E-state index contributed by atoms with van der Waals surface area (Å²) in [5.41, 5.74) is 5.76. The van der Waals surface area contributed by atoms with Gasteiger partial charge in [0.15, 0.2) is 0 Å². The van der Waals surface area contributed by atoms with E-state index in [9.17, 15) is 5.11 Å². The van der Waals surface area contributed by atoms with Crippen molar-refractivity contribution in [3.8, 4) is 5.95 Å². The highest BCUT2D eigenvalue weighted by Crippen LogP contribution is 2.21. The number of imidazole rings is 1. The van der Waals surface area contributed by atoms with Crippen LogP contribution < -0.4 is 10.6 Å². The summed E-state index contributed by atoms with van der Waals surface area (Å²) in [7, 11) is 0. The number of piperidine rings is 1. The molecule has 3 rings (SSSR count). The largest absolute Gasteiger partial charge is 0.393 e. The van der Waals surface area contributed by atoms with E-state index < -0.39 is 0 Å². The molecule has 20 heavy (non-hydrogen) atoms. The molecular formula is C12H17N7O. The first kappa shape index (κ1) is 12.8. The third-order valence-electron chi connectivity index (χ3n) is 3.51. The normalized spacial score (nSPS) is 23.0. The molecule has 0 aromatic carbocycles. The van der Waals surface area contributed by atoms with Gasteiger partial charge < -0.3 is 15.7 Å². The first-order chi connectivity index (χ1) is 9.63. The second-order valence-corrected chi connectivity index (χ2v) is 5.04. The molecule has 3 heterocycles. The van der Waals surface area contributed by atoms with Gasteiger partial charge in [-0.1, -0.05) is 6.92 Å². The van der Waals surface area contributed by atoms with Crippen LogP contribution in [0.25, 0.3) is 5.95 Å². The number of hydrogen-bond acceptors (Lipinski definition) is 7. The Balaban J connectivity index is 1.90. The number of aliphatic hydroxyl groups is 1. The van der Waals surface area contributed by atoms with Crippen LogP contribution in [0.2, 0.25) is 0 Å². The Morgan fingerprint density at radius 2 is 2.10 bits per heavy atom. The van der Waals surface area contributed by atoms with Gasteiger partial charge in [0.25, 0.3) is 0 Å². The molecule has 3 N–H and O–H groups in total. The van der Waals surface area contributed by atoms with Crippen LogP contribution in [0.15, 0.2) is 18.7 Å². The fourth-order valence-corrected chi connectivity index (χ4v) is 2.32. The molecule has 106 valence electrons. The first-order valence-electron chi connectivity index (χ1n) is 6.56. The van der Waals surface area contributed by atoms with Crippen LogP contribution in [-0.4, -0.2) is 48.8 Å². The molecule has 0 spiro atoms. The fourth-order valence-electron chi connectivity index (χ4n) is 2.32. The van der Waals surface area contributed by atoms with E-state index in [2.05, 4.69) is 19.9 Å². The zero-order chi connectivity index (χ0) is 14.1. The lowest BCUT2D eigenvalue weighted by Gasteiger charge is -2.34. The summed E-state index contributed by atoms with van der Waals surface area (Å²) >= 11 is 0. The molecule has 2 atom stereocenters. The summed E-state index contributed by atoms with van der Waals surface area (Å²) in [5.74, 6) is 1.35. The smallest absolute Gasteiger partial charge is 0.241 e. The van der Waals surface area contributed by atoms with Crippen LogP contribution in [0.4, 0.5) is 11.9 Å². The van der Waals surface area contributed by atoms with Crippen molar-refractivity contribution < 1.29 is 5.11 Å². The molecule has 2 aromatic rings. The maximum atomic E-state index is 9.78. The lowest BCUT2D eigenvalue weighted by molar-refractivity contribution is 0.0966. The highest BCUT2D eigenvalue weighted by molar-refractivity contribution is 5.38. The number of aliphatic hydroxyl groups excluding tert-OH is 1.